The third-order valence-corrected chi connectivity index (χ3v) is 6.02. The maximum absolute atomic E-state index is 12.2. The zero-order valence-electron chi connectivity index (χ0n) is 14.7. The maximum atomic E-state index is 12.2. The zero-order chi connectivity index (χ0) is 18.2. The number of amides is 1. The van der Waals surface area contributed by atoms with E-state index in [4.69, 9.17) is 0 Å². The van der Waals surface area contributed by atoms with Gasteiger partial charge in [-0.2, -0.15) is 0 Å². The molecule has 0 bridgehead atoms. The first-order chi connectivity index (χ1) is 12.7. The molecule has 0 aliphatic carbocycles. The summed E-state index contributed by atoms with van der Waals surface area (Å²) in [6, 6.07) is 20.6. The number of aromatic nitrogens is 1. The quantitative estimate of drug-likeness (QED) is 0.555. The van der Waals surface area contributed by atoms with Crippen LogP contribution in [0.15, 0.2) is 70.4 Å². The average molecular weight is 383 g/mol. The molecular formula is C21H22N2OS2. The van der Waals surface area contributed by atoms with Crippen LogP contribution in [0.1, 0.15) is 18.9 Å². The topological polar surface area (TPSA) is 42.0 Å². The Morgan fingerprint density at radius 3 is 2.54 bits per heavy atom. The number of nitrogens with zero attached hydrogens (tertiary/aromatic N) is 1. The van der Waals surface area contributed by atoms with E-state index in [1.807, 2.05) is 53.9 Å². The largest absolute Gasteiger partial charge is 0.353 e. The van der Waals surface area contributed by atoms with Crippen molar-refractivity contribution in [1.29, 1.82) is 0 Å². The third kappa shape index (κ3) is 5.71. The van der Waals surface area contributed by atoms with Crippen LogP contribution in [-0.2, 0) is 11.2 Å². The lowest BCUT2D eigenvalue weighted by Crippen LogP contribution is -2.34. The van der Waals surface area contributed by atoms with Crippen molar-refractivity contribution in [3.63, 3.8) is 0 Å². The van der Waals surface area contributed by atoms with E-state index in [0.29, 0.717) is 5.75 Å². The first kappa shape index (κ1) is 18.7. The number of aryl methyl sites for hydroxylation is 1. The van der Waals surface area contributed by atoms with E-state index in [1.165, 1.54) is 17.3 Å². The highest BCUT2D eigenvalue weighted by Gasteiger charge is 2.10. The van der Waals surface area contributed by atoms with Crippen molar-refractivity contribution >= 4 is 29.0 Å². The van der Waals surface area contributed by atoms with Crippen molar-refractivity contribution in [2.45, 2.75) is 30.1 Å². The molecule has 0 fully saturated rings. The van der Waals surface area contributed by atoms with E-state index in [1.54, 1.807) is 11.3 Å². The fraction of sp³-hybridized carbons (Fsp3) is 0.238. The lowest BCUT2D eigenvalue weighted by Gasteiger charge is -2.13. The highest BCUT2D eigenvalue weighted by atomic mass is 32.2. The fourth-order valence-corrected chi connectivity index (χ4v) is 4.26. The van der Waals surface area contributed by atoms with Crippen LogP contribution >= 0.6 is 23.1 Å². The van der Waals surface area contributed by atoms with Crippen LogP contribution in [0.3, 0.4) is 0 Å². The van der Waals surface area contributed by atoms with Gasteiger partial charge in [0.1, 0.15) is 0 Å². The van der Waals surface area contributed by atoms with Crippen LogP contribution in [0, 0.1) is 0 Å². The number of benzene rings is 2. The van der Waals surface area contributed by atoms with Gasteiger partial charge in [-0.05, 0) is 25.3 Å². The number of thiazole rings is 1. The Kier molecular flexibility index (Phi) is 6.86. The normalized spacial score (nSPS) is 11.9. The second-order valence-corrected chi connectivity index (χ2v) is 8.23. The molecule has 1 aromatic heterocycles. The minimum atomic E-state index is 0.0621. The van der Waals surface area contributed by atoms with Gasteiger partial charge in [-0.1, -0.05) is 72.4 Å². The predicted octanol–water partition coefficient (Wildman–Crippen LogP) is 5.04. The summed E-state index contributed by atoms with van der Waals surface area (Å²) in [7, 11) is 0. The van der Waals surface area contributed by atoms with Gasteiger partial charge >= 0.3 is 0 Å². The Labute approximate surface area is 162 Å². The van der Waals surface area contributed by atoms with Crippen molar-refractivity contribution in [2.75, 3.05) is 5.75 Å². The van der Waals surface area contributed by atoms with E-state index in [2.05, 4.69) is 29.4 Å². The van der Waals surface area contributed by atoms with E-state index in [0.717, 1.165) is 28.4 Å². The third-order valence-electron chi connectivity index (χ3n) is 4.00. The molecular weight excluding hydrogens is 360 g/mol. The molecule has 1 N–H and O–H groups in total. The van der Waals surface area contributed by atoms with Gasteiger partial charge in [0.25, 0.3) is 0 Å². The number of carbonyl (C=O) groups is 1. The lowest BCUT2D eigenvalue weighted by atomic mass is 10.1. The molecule has 1 amide bonds. The standard InChI is InChI=1S/C21H22N2OS2/c1-16(12-13-17-8-4-2-5-9-17)22-20(24)15-26-21-23-19(14-25-21)18-10-6-3-7-11-18/h2-11,14,16H,12-13,15H2,1H3,(H,22,24). The smallest absolute Gasteiger partial charge is 0.230 e. The predicted molar refractivity (Wildman–Crippen MR) is 111 cm³/mol. The van der Waals surface area contributed by atoms with Crippen molar-refractivity contribution in [2.24, 2.45) is 0 Å². The van der Waals surface area contributed by atoms with Gasteiger partial charge in [-0.3, -0.25) is 4.79 Å². The highest BCUT2D eigenvalue weighted by Crippen LogP contribution is 2.27. The van der Waals surface area contributed by atoms with Gasteiger partial charge in [0, 0.05) is 17.0 Å². The Morgan fingerprint density at radius 2 is 1.81 bits per heavy atom. The number of hydrogen-bond donors (Lipinski definition) is 1. The number of nitrogens with one attached hydrogen (secondary N) is 1. The Bertz CT molecular complexity index is 818. The van der Waals surface area contributed by atoms with E-state index in [-0.39, 0.29) is 11.9 Å². The number of hydrogen-bond acceptors (Lipinski definition) is 4. The molecule has 0 saturated heterocycles. The molecule has 3 rings (SSSR count). The second kappa shape index (κ2) is 9.55. The fourth-order valence-electron chi connectivity index (χ4n) is 2.61. The Morgan fingerprint density at radius 1 is 1.12 bits per heavy atom. The van der Waals surface area contributed by atoms with E-state index in [9.17, 15) is 4.79 Å². The van der Waals surface area contributed by atoms with Crippen LogP contribution in [-0.4, -0.2) is 22.7 Å². The van der Waals surface area contributed by atoms with Crippen LogP contribution in [0.2, 0.25) is 0 Å². The van der Waals surface area contributed by atoms with Crippen LogP contribution in [0.5, 0.6) is 0 Å². The zero-order valence-corrected chi connectivity index (χ0v) is 16.4. The summed E-state index contributed by atoms with van der Waals surface area (Å²) in [4.78, 5) is 16.8. The molecule has 1 heterocycles. The van der Waals surface area contributed by atoms with Crippen molar-refractivity contribution in [1.82, 2.24) is 10.3 Å². The summed E-state index contributed by atoms with van der Waals surface area (Å²) >= 11 is 3.08. The molecule has 26 heavy (non-hydrogen) atoms. The van der Waals surface area contributed by atoms with Gasteiger partial charge in [0.15, 0.2) is 4.34 Å². The monoisotopic (exact) mass is 382 g/mol. The lowest BCUT2D eigenvalue weighted by molar-refractivity contribution is -0.119. The molecule has 134 valence electrons. The molecule has 0 aliphatic rings. The molecule has 0 spiro atoms. The summed E-state index contributed by atoms with van der Waals surface area (Å²) in [5, 5.41) is 5.12. The van der Waals surface area contributed by atoms with Gasteiger partial charge in [-0.25, -0.2) is 4.98 Å². The van der Waals surface area contributed by atoms with Crippen molar-refractivity contribution < 1.29 is 4.79 Å². The first-order valence-electron chi connectivity index (χ1n) is 8.68. The summed E-state index contributed by atoms with van der Waals surface area (Å²) < 4.78 is 0.927. The number of rotatable bonds is 8. The average Bonchev–Trinajstić information content (AvgIpc) is 3.15. The van der Waals surface area contributed by atoms with Crippen LogP contribution in [0.25, 0.3) is 11.3 Å². The number of carbonyl (C=O) groups excluding carboxylic acids is 1. The van der Waals surface area contributed by atoms with Crippen molar-refractivity contribution in [3.8, 4) is 11.3 Å². The first-order valence-corrected chi connectivity index (χ1v) is 10.5. The summed E-state index contributed by atoms with van der Waals surface area (Å²) in [5.41, 5.74) is 3.38. The number of thioether (sulfide) groups is 1. The summed E-state index contributed by atoms with van der Waals surface area (Å²) in [6.07, 6.45) is 1.91. The molecule has 1 unspecified atom stereocenters. The summed E-state index contributed by atoms with van der Waals surface area (Å²) in [5.74, 6) is 0.462. The molecule has 0 aliphatic heterocycles. The maximum Gasteiger partial charge on any atom is 0.230 e. The summed E-state index contributed by atoms with van der Waals surface area (Å²) in [6.45, 7) is 2.06. The Balaban J connectivity index is 1.42. The minimum absolute atomic E-state index is 0.0621. The van der Waals surface area contributed by atoms with Gasteiger partial charge in [0.05, 0.1) is 11.4 Å². The SMILES string of the molecule is CC(CCc1ccccc1)NC(=O)CSc1nc(-c2ccccc2)cs1. The Hall–Kier alpha value is -2.11. The van der Waals surface area contributed by atoms with E-state index < -0.39 is 0 Å². The van der Waals surface area contributed by atoms with Gasteiger partial charge < -0.3 is 5.32 Å². The highest BCUT2D eigenvalue weighted by molar-refractivity contribution is 8.01. The minimum Gasteiger partial charge on any atom is -0.353 e. The van der Waals surface area contributed by atoms with Crippen LogP contribution < -0.4 is 5.32 Å². The molecule has 3 nitrogen and oxygen atoms in total. The van der Waals surface area contributed by atoms with Gasteiger partial charge in [-0.15, -0.1) is 11.3 Å². The van der Waals surface area contributed by atoms with Crippen LogP contribution in [0.4, 0.5) is 0 Å². The van der Waals surface area contributed by atoms with E-state index >= 15 is 0 Å². The molecule has 0 saturated carbocycles. The molecule has 0 radical (unpaired) electrons. The molecule has 2 aromatic carbocycles. The van der Waals surface area contributed by atoms with Crippen molar-refractivity contribution in [3.05, 3.63) is 71.6 Å². The molecule has 5 heteroatoms. The molecule has 3 aromatic rings. The molecule has 1 atom stereocenters. The van der Waals surface area contributed by atoms with Gasteiger partial charge in [0.2, 0.25) is 5.91 Å². The second-order valence-electron chi connectivity index (χ2n) is 6.15.